The molecule has 0 saturated heterocycles. The Labute approximate surface area is 109 Å². The average molecular weight is 268 g/mol. The molecule has 1 aliphatic carbocycles. The van der Waals surface area contributed by atoms with Crippen LogP contribution in [0.2, 0.25) is 0 Å². The molecule has 98 valence electrons. The standard InChI is InChI=1S/C11H16N4O2S/c1-2-14-11-6(9(13)16)7(12)8(18-11)10(17)15-5-3-4-5/h5,14H,2-4,12H2,1H3,(H2,13,16)(H,15,17). The van der Waals surface area contributed by atoms with Gasteiger partial charge in [-0.1, -0.05) is 0 Å². The van der Waals surface area contributed by atoms with Gasteiger partial charge in [0.1, 0.15) is 9.88 Å². The Morgan fingerprint density at radius 3 is 2.61 bits per heavy atom. The van der Waals surface area contributed by atoms with E-state index in [0.29, 0.717) is 16.4 Å². The van der Waals surface area contributed by atoms with E-state index < -0.39 is 5.91 Å². The first-order valence-corrected chi connectivity index (χ1v) is 6.63. The van der Waals surface area contributed by atoms with E-state index in [2.05, 4.69) is 10.6 Å². The summed E-state index contributed by atoms with van der Waals surface area (Å²) in [5.41, 5.74) is 11.5. The molecular formula is C11H16N4O2S. The van der Waals surface area contributed by atoms with Crippen molar-refractivity contribution in [3.05, 3.63) is 10.4 Å². The van der Waals surface area contributed by atoms with Crippen LogP contribution in [0.5, 0.6) is 0 Å². The lowest BCUT2D eigenvalue weighted by atomic mass is 10.2. The normalized spacial score (nSPS) is 14.3. The van der Waals surface area contributed by atoms with Gasteiger partial charge in [0, 0.05) is 12.6 Å². The van der Waals surface area contributed by atoms with Crippen molar-refractivity contribution in [1.29, 1.82) is 0 Å². The number of nitrogens with two attached hydrogens (primary N) is 2. The van der Waals surface area contributed by atoms with Crippen molar-refractivity contribution in [3.63, 3.8) is 0 Å². The van der Waals surface area contributed by atoms with Crippen molar-refractivity contribution < 1.29 is 9.59 Å². The number of hydrogen-bond donors (Lipinski definition) is 4. The fourth-order valence-electron chi connectivity index (χ4n) is 1.62. The van der Waals surface area contributed by atoms with Crippen molar-refractivity contribution in [3.8, 4) is 0 Å². The number of nitrogen functional groups attached to an aromatic ring is 1. The van der Waals surface area contributed by atoms with Gasteiger partial charge >= 0.3 is 0 Å². The summed E-state index contributed by atoms with van der Waals surface area (Å²) in [6, 6.07) is 0.249. The van der Waals surface area contributed by atoms with E-state index in [1.54, 1.807) is 0 Å². The molecule has 1 aromatic heterocycles. The highest BCUT2D eigenvalue weighted by Crippen LogP contribution is 2.35. The third kappa shape index (κ3) is 2.40. The maximum Gasteiger partial charge on any atom is 0.263 e. The van der Waals surface area contributed by atoms with Crippen LogP contribution in [0.25, 0.3) is 0 Å². The summed E-state index contributed by atoms with van der Waals surface area (Å²) in [6.45, 7) is 2.52. The zero-order chi connectivity index (χ0) is 13.3. The van der Waals surface area contributed by atoms with Gasteiger partial charge in [-0.15, -0.1) is 11.3 Å². The number of amides is 2. The molecule has 0 bridgehead atoms. The molecule has 0 aromatic carbocycles. The molecule has 2 rings (SSSR count). The lowest BCUT2D eigenvalue weighted by molar-refractivity contribution is 0.0955. The van der Waals surface area contributed by atoms with E-state index in [1.165, 1.54) is 11.3 Å². The van der Waals surface area contributed by atoms with Gasteiger partial charge in [0.2, 0.25) is 0 Å². The van der Waals surface area contributed by atoms with E-state index in [4.69, 9.17) is 11.5 Å². The second-order valence-electron chi connectivity index (χ2n) is 4.19. The third-order valence-electron chi connectivity index (χ3n) is 2.65. The smallest absolute Gasteiger partial charge is 0.263 e. The number of rotatable bonds is 5. The minimum atomic E-state index is -0.620. The number of hydrogen-bond acceptors (Lipinski definition) is 5. The van der Waals surface area contributed by atoms with Crippen LogP contribution in [0.1, 0.15) is 39.8 Å². The summed E-state index contributed by atoms with van der Waals surface area (Å²) in [4.78, 5) is 23.7. The van der Waals surface area contributed by atoms with Crippen molar-refractivity contribution in [1.82, 2.24) is 5.32 Å². The molecule has 0 aliphatic heterocycles. The Kier molecular flexibility index (Phi) is 3.42. The van der Waals surface area contributed by atoms with Crippen molar-refractivity contribution in [2.24, 2.45) is 5.73 Å². The highest BCUT2D eigenvalue weighted by Gasteiger charge is 2.28. The van der Waals surface area contributed by atoms with E-state index in [0.717, 1.165) is 12.8 Å². The first-order chi connectivity index (χ1) is 8.54. The van der Waals surface area contributed by atoms with E-state index >= 15 is 0 Å². The molecule has 0 radical (unpaired) electrons. The third-order valence-corrected chi connectivity index (χ3v) is 3.81. The van der Waals surface area contributed by atoms with Crippen LogP contribution in [-0.4, -0.2) is 24.4 Å². The Hall–Kier alpha value is -1.76. The Balaban J connectivity index is 2.31. The van der Waals surface area contributed by atoms with Crippen LogP contribution in [0.4, 0.5) is 10.7 Å². The molecule has 0 atom stereocenters. The molecule has 1 aliphatic rings. The predicted molar refractivity (Wildman–Crippen MR) is 71.9 cm³/mol. The fourth-order valence-corrected chi connectivity index (χ4v) is 2.72. The van der Waals surface area contributed by atoms with Gasteiger partial charge in [0.15, 0.2) is 0 Å². The predicted octanol–water partition coefficient (Wildman–Crippen LogP) is 0.753. The van der Waals surface area contributed by atoms with Gasteiger partial charge in [-0.05, 0) is 19.8 Å². The maximum absolute atomic E-state index is 11.9. The van der Waals surface area contributed by atoms with E-state index in [-0.39, 0.29) is 23.2 Å². The minimum Gasteiger partial charge on any atom is -0.397 e. The Morgan fingerprint density at radius 2 is 2.11 bits per heavy atom. The molecular weight excluding hydrogens is 252 g/mol. The molecule has 2 amide bonds. The number of anilines is 2. The maximum atomic E-state index is 11.9. The van der Waals surface area contributed by atoms with Crippen LogP contribution >= 0.6 is 11.3 Å². The summed E-state index contributed by atoms with van der Waals surface area (Å²) in [7, 11) is 0. The fraction of sp³-hybridized carbons (Fsp3) is 0.455. The lowest BCUT2D eigenvalue weighted by Crippen LogP contribution is -2.25. The zero-order valence-electron chi connectivity index (χ0n) is 10.1. The zero-order valence-corrected chi connectivity index (χ0v) is 10.9. The highest BCUT2D eigenvalue weighted by molar-refractivity contribution is 7.19. The number of thiophene rings is 1. The first kappa shape index (κ1) is 12.7. The molecule has 1 aromatic rings. The highest BCUT2D eigenvalue weighted by atomic mass is 32.1. The molecule has 7 heteroatoms. The van der Waals surface area contributed by atoms with Gasteiger partial charge in [0.05, 0.1) is 11.3 Å². The summed E-state index contributed by atoms with van der Waals surface area (Å²) in [6.07, 6.45) is 2.00. The van der Waals surface area contributed by atoms with Crippen LogP contribution < -0.4 is 22.1 Å². The molecule has 6 N–H and O–H groups in total. The Morgan fingerprint density at radius 1 is 1.44 bits per heavy atom. The minimum absolute atomic E-state index is 0.168. The molecule has 6 nitrogen and oxygen atoms in total. The summed E-state index contributed by atoms with van der Waals surface area (Å²) in [5, 5.41) is 6.40. The first-order valence-electron chi connectivity index (χ1n) is 5.81. The Bertz CT molecular complexity index is 493. The number of carbonyl (C=O) groups excluding carboxylic acids is 2. The van der Waals surface area contributed by atoms with Crippen LogP contribution in [0.3, 0.4) is 0 Å². The summed E-state index contributed by atoms with van der Waals surface area (Å²) in [5.74, 6) is -0.850. The molecule has 18 heavy (non-hydrogen) atoms. The van der Waals surface area contributed by atoms with Gasteiger partial charge < -0.3 is 22.1 Å². The molecule has 1 fully saturated rings. The molecule has 0 unspecified atom stereocenters. The summed E-state index contributed by atoms with van der Waals surface area (Å²) < 4.78 is 0. The van der Waals surface area contributed by atoms with E-state index in [1.807, 2.05) is 6.92 Å². The SMILES string of the molecule is CCNc1sc(C(=O)NC2CC2)c(N)c1C(N)=O. The number of nitrogens with one attached hydrogen (secondary N) is 2. The van der Waals surface area contributed by atoms with Gasteiger partial charge in [0.25, 0.3) is 11.8 Å². The molecule has 0 spiro atoms. The van der Waals surface area contributed by atoms with Crippen molar-refractivity contribution >= 4 is 33.8 Å². The second-order valence-corrected chi connectivity index (χ2v) is 5.21. The summed E-state index contributed by atoms with van der Waals surface area (Å²) >= 11 is 1.17. The van der Waals surface area contributed by atoms with Crippen LogP contribution in [0.15, 0.2) is 0 Å². The largest absolute Gasteiger partial charge is 0.397 e. The number of carbonyl (C=O) groups is 2. The molecule has 1 saturated carbocycles. The molecule has 1 heterocycles. The van der Waals surface area contributed by atoms with Crippen LogP contribution in [-0.2, 0) is 0 Å². The number of primary amides is 1. The monoisotopic (exact) mass is 268 g/mol. The topological polar surface area (TPSA) is 110 Å². The average Bonchev–Trinajstić information content (AvgIpc) is 3.02. The second kappa shape index (κ2) is 4.85. The van der Waals surface area contributed by atoms with Gasteiger partial charge in [-0.3, -0.25) is 9.59 Å². The van der Waals surface area contributed by atoms with Gasteiger partial charge in [-0.25, -0.2) is 0 Å². The van der Waals surface area contributed by atoms with Gasteiger partial charge in [-0.2, -0.15) is 0 Å². The van der Waals surface area contributed by atoms with Crippen molar-refractivity contribution in [2.75, 3.05) is 17.6 Å². The van der Waals surface area contributed by atoms with E-state index in [9.17, 15) is 9.59 Å². The van der Waals surface area contributed by atoms with Crippen LogP contribution in [0, 0.1) is 0 Å². The quantitative estimate of drug-likeness (QED) is 0.631. The lowest BCUT2D eigenvalue weighted by Gasteiger charge is -2.02. The van der Waals surface area contributed by atoms with Crippen molar-refractivity contribution in [2.45, 2.75) is 25.8 Å².